The summed E-state index contributed by atoms with van der Waals surface area (Å²) in [6.07, 6.45) is 0. The van der Waals surface area contributed by atoms with E-state index >= 15 is 0 Å². The number of amides is 1. The monoisotopic (exact) mass is 508 g/mol. The van der Waals surface area contributed by atoms with E-state index in [1.807, 2.05) is 58.9 Å². The SMILES string of the molecule is COC(=O)c1ccc([C@H](C)NC(=O)[C@H]2COCCN2Cc2cccc(B3OC(C)(C)C(C)(C)O3)c2)cc1. The lowest BCUT2D eigenvalue weighted by Gasteiger charge is -2.35. The van der Waals surface area contributed by atoms with Crippen LogP contribution in [-0.2, 0) is 30.1 Å². The minimum Gasteiger partial charge on any atom is -0.465 e. The van der Waals surface area contributed by atoms with Crippen LogP contribution in [-0.4, -0.2) is 68.0 Å². The molecule has 2 aromatic rings. The summed E-state index contributed by atoms with van der Waals surface area (Å²) in [4.78, 5) is 27.1. The molecular weight excluding hydrogens is 471 g/mol. The van der Waals surface area contributed by atoms with Gasteiger partial charge in [0, 0.05) is 13.1 Å². The molecule has 1 amide bonds. The van der Waals surface area contributed by atoms with Gasteiger partial charge in [0.1, 0.15) is 6.04 Å². The van der Waals surface area contributed by atoms with Gasteiger partial charge >= 0.3 is 13.1 Å². The number of carbonyl (C=O) groups is 2. The zero-order valence-corrected chi connectivity index (χ0v) is 22.6. The van der Waals surface area contributed by atoms with Crippen molar-refractivity contribution in [2.75, 3.05) is 26.9 Å². The second kappa shape index (κ2) is 11.0. The molecule has 1 N–H and O–H groups in total. The van der Waals surface area contributed by atoms with E-state index in [1.165, 1.54) is 7.11 Å². The number of carbonyl (C=O) groups excluding carboxylic acids is 2. The van der Waals surface area contributed by atoms with Crippen molar-refractivity contribution >= 4 is 24.5 Å². The van der Waals surface area contributed by atoms with Gasteiger partial charge < -0.3 is 24.1 Å². The van der Waals surface area contributed by atoms with Crippen molar-refractivity contribution in [1.29, 1.82) is 0 Å². The standard InChI is InChI=1S/C28H37BN2O6/c1-19(21-10-12-22(13-11-21)26(33)34-6)30-25(32)24-18-35-15-14-31(24)17-20-8-7-9-23(16-20)29-36-27(2,3)28(4,5)37-29/h7-13,16,19,24H,14-15,17-18H2,1-6H3,(H,30,32)/t19-,24+/m0/s1. The van der Waals surface area contributed by atoms with Crippen molar-refractivity contribution in [3.63, 3.8) is 0 Å². The molecule has 2 saturated heterocycles. The predicted octanol–water partition coefficient (Wildman–Crippen LogP) is 2.85. The highest BCUT2D eigenvalue weighted by Gasteiger charge is 2.51. The first-order valence-electron chi connectivity index (χ1n) is 12.8. The van der Waals surface area contributed by atoms with Gasteiger partial charge in [-0.05, 0) is 63.3 Å². The topological polar surface area (TPSA) is 86.3 Å². The number of methoxy groups -OCH3 is 1. The summed E-state index contributed by atoms with van der Waals surface area (Å²) in [7, 11) is 0.922. The Labute approximate surface area is 219 Å². The van der Waals surface area contributed by atoms with E-state index in [0.717, 1.165) is 16.6 Å². The summed E-state index contributed by atoms with van der Waals surface area (Å²) in [5, 5.41) is 3.10. The second-order valence-corrected chi connectivity index (χ2v) is 10.7. The highest BCUT2D eigenvalue weighted by Crippen LogP contribution is 2.36. The van der Waals surface area contributed by atoms with Gasteiger partial charge in [-0.1, -0.05) is 36.4 Å². The number of benzene rings is 2. The molecule has 0 aromatic heterocycles. The molecule has 0 bridgehead atoms. The summed E-state index contributed by atoms with van der Waals surface area (Å²) in [6.45, 7) is 12.3. The van der Waals surface area contributed by atoms with Crippen LogP contribution in [0.15, 0.2) is 48.5 Å². The second-order valence-electron chi connectivity index (χ2n) is 10.7. The number of ether oxygens (including phenoxy) is 2. The number of nitrogens with one attached hydrogen (secondary N) is 1. The van der Waals surface area contributed by atoms with Crippen molar-refractivity contribution in [3.05, 3.63) is 65.2 Å². The summed E-state index contributed by atoms with van der Waals surface area (Å²) < 4.78 is 22.9. The molecule has 2 heterocycles. The Morgan fingerprint density at radius 2 is 1.78 bits per heavy atom. The summed E-state index contributed by atoms with van der Waals surface area (Å²) >= 11 is 0. The van der Waals surface area contributed by atoms with Gasteiger partial charge in [0.05, 0.1) is 43.1 Å². The highest BCUT2D eigenvalue weighted by molar-refractivity contribution is 6.62. The average molecular weight is 508 g/mol. The number of nitrogens with zero attached hydrogens (tertiary/aromatic N) is 1. The lowest BCUT2D eigenvalue weighted by molar-refractivity contribution is -0.133. The molecule has 2 aliphatic heterocycles. The molecule has 0 radical (unpaired) electrons. The first kappa shape index (κ1) is 27.3. The fourth-order valence-electron chi connectivity index (χ4n) is 4.54. The summed E-state index contributed by atoms with van der Waals surface area (Å²) in [5.41, 5.74) is 2.61. The van der Waals surface area contributed by atoms with E-state index < -0.39 is 24.4 Å². The van der Waals surface area contributed by atoms with Crippen LogP contribution in [0, 0.1) is 0 Å². The van der Waals surface area contributed by atoms with E-state index in [1.54, 1.807) is 12.1 Å². The van der Waals surface area contributed by atoms with Gasteiger partial charge in [0.2, 0.25) is 5.91 Å². The molecule has 2 aromatic carbocycles. The van der Waals surface area contributed by atoms with E-state index in [9.17, 15) is 9.59 Å². The maximum Gasteiger partial charge on any atom is 0.494 e. The van der Waals surface area contributed by atoms with Crippen molar-refractivity contribution in [3.8, 4) is 0 Å². The minimum atomic E-state index is -0.430. The van der Waals surface area contributed by atoms with Gasteiger partial charge in [-0.2, -0.15) is 0 Å². The minimum absolute atomic E-state index is 0.0913. The fraction of sp³-hybridized carbons (Fsp3) is 0.500. The van der Waals surface area contributed by atoms with Crippen molar-refractivity contribution in [2.45, 2.75) is 64.4 Å². The van der Waals surface area contributed by atoms with Gasteiger partial charge in [-0.15, -0.1) is 0 Å². The molecule has 0 unspecified atom stereocenters. The Balaban J connectivity index is 1.42. The molecule has 198 valence electrons. The fourth-order valence-corrected chi connectivity index (χ4v) is 4.54. The van der Waals surface area contributed by atoms with E-state index in [0.29, 0.717) is 31.9 Å². The van der Waals surface area contributed by atoms with Gasteiger partial charge in [-0.3, -0.25) is 9.69 Å². The van der Waals surface area contributed by atoms with E-state index in [2.05, 4.69) is 22.3 Å². The van der Waals surface area contributed by atoms with Crippen LogP contribution in [0.1, 0.15) is 62.1 Å². The van der Waals surface area contributed by atoms with Crippen LogP contribution in [0.5, 0.6) is 0 Å². The molecule has 2 atom stereocenters. The average Bonchev–Trinajstić information content (AvgIpc) is 3.10. The third kappa shape index (κ3) is 6.07. The Kier molecular flexibility index (Phi) is 8.09. The third-order valence-corrected chi connectivity index (χ3v) is 7.59. The zero-order chi connectivity index (χ0) is 26.8. The normalized spacial score (nSPS) is 21.9. The Hall–Kier alpha value is -2.72. The first-order valence-corrected chi connectivity index (χ1v) is 12.8. The summed E-state index contributed by atoms with van der Waals surface area (Å²) in [5.74, 6) is -0.479. The molecular formula is C28H37BN2O6. The number of hydrogen-bond acceptors (Lipinski definition) is 7. The smallest absolute Gasteiger partial charge is 0.465 e. The van der Waals surface area contributed by atoms with Crippen molar-refractivity contribution < 1.29 is 28.4 Å². The number of morpholine rings is 1. The van der Waals surface area contributed by atoms with E-state index in [4.69, 9.17) is 18.8 Å². The quantitative estimate of drug-likeness (QED) is 0.455. The summed E-state index contributed by atoms with van der Waals surface area (Å²) in [6, 6.07) is 14.6. The highest BCUT2D eigenvalue weighted by atomic mass is 16.7. The molecule has 2 fully saturated rings. The van der Waals surface area contributed by atoms with E-state index in [-0.39, 0.29) is 17.9 Å². The van der Waals surface area contributed by atoms with Crippen LogP contribution in [0.4, 0.5) is 0 Å². The molecule has 8 nitrogen and oxygen atoms in total. The van der Waals surface area contributed by atoms with Crippen LogP contribution in [0.25, 0.3) is 0 Å². The number of rotatable bonds is 7. The van der Waals surface area contributed by atoms with Gasteiger partial charge in [0.15, 0.2) is 0 Å². The largest absolute Gasteiger partial charge is 0.494 e. The molecule has 2 aliphatic rings. The van der Waals surface area contributed by atoms with Crippen LogP contribution in [0.3, 0.4) is 0 Å². The molecule has 9 heteroatoms. The maximum atomic E-state index is 13.3. The van der Waals surface area contributed by atoms with Crippen LogP contribution >= 0.6 is 0 Å². The Morgan fingerprint density at radius 1 is 1.11 bits per heavy atom. The Bertz CT molecular complexity index is 1100. The first-order chi connectivity index (χ1) is 17.5. The van der Waals surface area contributed by atoms with Gasteiger partial charge in [-0.25, -0.2) is 4.79 Å². The van der Waals surface area contributed by atoms with Crippen molar-refractivity contribution in [1.82, 2.24) is 10.2 Å². The Morgan fingerprint density at radius 3 is 2.43 bits per heavy atom. The number of esters is 1. The van der Waals surface area contributed by atoms with Crippen LogP contribution in [0.2, 0.25) is 0 Å². The lowest BCUT2D eigenvalue weighted by Crippen LogP contribution is -2.53. The predicted molar refractivity (Wildman–Crippen MR) is 142 cm³/mol. The molecule has 0 aliphatic carbocycles. The molecule has 0 saturated carbocycles. The molecule has 4 rings (SSSR count). The maximum absolute atomic E-state index is 13.3. The zero-order valence-electron chi connectivity index (χ0n) is 22.6. The van der Waals surface area contributed by atoms with Gasteiger partial charge in [0.25, 0.3) is 0 Å². The molecule has 37 heavy (non-hydrogen) atoms. The van der Waals surface area contributed by atoms with Crippen molar-refractivity contribution in [2.24, 2.45) is 0 Å². The van der Waals surface area contributed by atoms with Crippen LogP contribution < -0.4 is 10.8 Å². The third-order valence-electron chi connectivity index (χ3n) is 7.59. The lowest BCUT2D eigenvalue weighted by atomic mass is 9.78. The molecule has 0 spiro atoms. The number of hydrogen-bond donors (Lipinski definition) is 1.